The predicted octanol–water partition coefficient (Wildman–Crippen LogP) is 4.78. The van der Waals surface area contributed by atoms with Gasteiger partial charge >= 0.3 is 5.97 Å². The standard InChI is InChI=1S/C23H20FNO6S2/c1-30-16-5-6-19-17(12-16)15(4-9-22(26)27)13-25(19)33(28,29)23-10-8-21(32-23)14-3-7-20(31-2)18(24)11-14/h3,5-8,10-13H,4,9H2,1-2H3,(H,26,27). The number of hydrogen-bond donors (Lipinski definition) is 1. The van der Waals surface area contributed by atoms with Gasteiger partial charge in [-0.3, -0.25) is 4.79 Å². The lowest BCUT2D eigenvalue weighted by molar-refractivity contribution is -0.136. The first kappa shape index (κ1) is 22.8. The van der Waals surface area contributed by atoms with Crippen molar-refractivity contribution in [2.24, 2.45) is 0 Å². The van der Waals surface area contributed by atoms with Gasteiger partial charge in [0.1, 0.15) is 9.96 Å². The van der Waals surface area contributed by atoms with Gasteiger partial charge in [0.2, 0.25) is 0 Å². The average molecular weight is 490 g/mol. The van der Waals surface area contributed by atoms with Crippen molar-refractivity contribution in [1.82, 2.24) is 3.97 Å². The van der Waals surface area contributed by atoms with Crippen LogP contribution in [0.25, 0.3) is 21.3 Å². The van der Waals surface area contributed by atoms with Crippen molar-refractivity contribution in [3.05, 3.63) is 66.1 Å². The minimum Gasteiger partial charge on any atom is -0.497 e. The first-order chi connectivity index (χ1) is 15.7. The molecular formula is C23H20FNO6S2. The van der Waals surface area contributed by atoms with E-state index in [-0.39, 0.29) is 22.8 Å². The third-order valence-electron chi connectivity index (χ3n) is 5.20. The Morgan fingerprint density at radius 2 is 1.88 bits per heavy atom. The van der Waals surface area contributed by atoms with Crippen LogP contribution in [0, 0.1) is 5.82 Å². The molecule has 7 nitrogen and oxygen atoms in total. The Morgan fingerprint density at radius 1 is 1.09 bits per heavy atom. The lowest BCUT2D eigenvalue weighted by atomic mass is 10.1. The highest BCUT2D eigenvalue weighted by Gasteiger charge is 2.24. The van der Waals surface area contributed by atoms with Crippen LogP contribution in [-0.4, -0.2) is 37.7 Å². The molecule has 4 rings (SSSR count). The highest BCUT2D eigenvalue weighted by molar-refractivity contribution is 7.92. The normalized spacial score (nSPS) is 11.6. The molecule has 0 saturated carbocycles. The zero-order valence-corrected chi connectivity index (χ0v) is 19.4. The molecule has 2 aromatic carbocycles. The smallest absolute Gasteiger partial charge is 0.303 e. The van der Waals surface area contributed by atoms with E-state index in [1.807, 2.05) is 0 Å². The Labute approximate surface area is 193 Å². The van der Waals surface area contributed by atoms with Crippen LogP contribution in [0.4, 0.5) is 4.39 Å². The van der Waals surface area contributed by atoms with Crippen molar-refractivity contribution in [3.63, 3.8) is 0 Å². The van der Waals surface area contributed by atoms with Gasteiger partial charge in [-0.25, -0.2) is 8.36 Å². The zero-order valence-electron chi connectivity index (χ0n) is 17.7. The molecule has 0 aliphatic rings. The summed E-state index contributed by atoms with van der Waals surface area (Å²) in [6, 6.07) is 12.5. The lowest BCUT2D eigenvalue weighted by Crippen LogP contribution is -2.10. The minimum absolute atomic E-state index is 0.0752. The van der Waals surface area contributed by atoms with Crippen LogP contribution in [0.2, 0.25) is 0 Å². The van der Waals surface area contributed by atoms with Gasteiger partial charge in [0, 0.05) is 22.9 Å². The molecule has 2 aromatic heterocycles. The van der Waals surface area contributed by atoms with E-state index in [0.29, 0.717) is 32.7 Å². The molecule has 0 saturated heterocycles. The number of hydrogen-bond acceptors (Lipinski definition) is 6. The van der Waals surface area contributed by atoms with Crippen LogP contribution in [-0.2, 0) is 21.2 Å². The maximum absolute atomic E-state index is 14.1. The van der Waals surface area contributed by atoms with Gasteiger partial charge in [0.05, 0.1) is 19.7 Å². The number of carboxylic acid groups (broad SMARTS) is 1. The van der Waals surface area contributed by atoms with Gasteiger partial charge in [0.25, 0.3) is 10.0 Å². The van der Waals surface area contributed by atoms with Crippen LogP contribution in [0.1, 0.15) is 12.0 Å². The molecule has 0 bridgehead atoms. The number of rotatable bonds is 8. The van der Waals surface area contributed by atoms with Crippen molar-refractivity contribution in [2.45, 2.75) is 17.1 Å². The lowest BCUT2D eigenvalue weighted by Gasteiger charge is -2.06. The maximum Gasteiger partial charge on any atom is 0.303 e. The topological polar surface area (TPSA) is 94.8 Å². The SMILES string of the molecule is COc1ccc2c(c1)c(CCC(=O)O)cn2S(=O)(=O)c1ccc(-c2ccc(OC)c(F)c2)s1. The van der Waals surface area contributed by atoms with Crippen LogP contribution in [0.3, 0.4) is 0 Å². The summed E-state index contributed by atoms with van der Waals surface area (Å²) in [6.07, 6.45) is 1.49. The number of aliphatic carboxylic acids is 1. The Morgan fingerprint density at radius 3 is 2.55 bits per heavy atom. The number of nitrogens with zero attached hydrogens (tertiary/aromatic N) is 1. The van der Waals surface area contributed by atoms with Gasteiger partial charge in [-0.2, -0.15) is 8.42 Å². The first-order valence-corrected chi connectivity index (χ1v) is 12.1. The number of halogens is 1. The third-order valence-corrected chi connectivity index (χ3v) is 8.47. The van der Waals surface area contributed by atoms with E-state index in [1.165, 1.54) is 38.6 Å². The molecule has 0 spiro atoms. The van der Waals surface area contributed by atoms with Gasteiger partial charge in [0.15, 0.2) is 11.6 Å². The van der Waals surface area contributed by atoms with Gasteiger partial charge in [-0.05, 0) is 66.1 Å². The minimum atomic E-state index is -3.98. The Hall–Kier alpha value is -3.37. The van der Waals surface area contributed by atoms with Crippen LogP contribution >= 0.6 is 11.3 Å². The second-order valence-corrected chi connectivity index (χ2v) is 10.3. The number of fused-ring (bicyclic) bond motifs is 1. The number of aryl methyl sites for hydroxylation is 1. The van der Waals surface area contributed by atoms with Crippen LogP contribution in [0.5, 0.6) is 11.5 Å². The van der Waals surface area contributed by atoms with Crippen molar-refractivity contribution in [2.75, 3.05) is 14.2 Å². The number of carboxylic acids is 1. The first-order valence-electron chi connectivity index (χ1n) is 9.83. The Balaban J connectivity index is 1.78. The van der Waals surface area contributed by atoms with Crippen molar-refractivity contribution in [3.8, 4) is 21.9 Å². The Kier molecular flexibility index (Phi) is 6.13. The number of carbonyl (C=O) groups is 1. The van der Waals surface area contributed by atoms with Gasteiger partial charge in [-0.15, -0.1) is 11.3 Å². The molecule has 33 heavy (non-hydrogen) atoms. The monoisotopic (exact) mass is 489 g/mol. The molecular weight excluding hydrogens is 469 g/mol. The fraction of sp³-hybridized carbons (Fsp3) is 0.174. The third kappa shape index (κ3) is 4.31. The summed E-state index contributed by atoms with van der Waals surface area (Å²) >= 11 is 1.02. The molecule has 4 aromatic rings. The summed E-state index contributed by atoms with van der Waals surface area (Å²) in [4.78, 5) is 11.7. The number of ether oxygens (including phenoxy) is 2. The molecule has 0 aliphatic heterocycles. The molecule has 0 aliphatic carbocycles. The van der Waals surface area contributed by atoms with E-state index in [1.54, 1.807) is 30.3 Å². The fourth-order valence-corrected chi connectivity index (χ4v) is 6.33. The molecule has 0 fully saturated rings. The molecule has 0 radical (unpaired) electrons. The molecule has 10 heteroatoms. The maximum atomic E-state index is 14.1. The van der Waals surface area contributed by atoms with E-state index in [4.69, 9.17) is 14.6 Å². The molecule has 0 unspecified atom stereocenters. The summed E-state index contributed by atoms with van der Waals surface area (Å²) in [6.45, 7) is 0. The Bertz CT molecular complexity index is 1460. The van der Waals surface area contributed by atoms with E-state index in [9.17, 15) is 17.6 Å². The second kappa shape index (κ2) is 8.87. The highest BCUT2D eigenvalue weighted by atomic mass is 32.2. The number of methoxy groups -OCH3 is 2. The summed E-state index contributed by atoms with van der Waals surface area (Å²) < 4.78 is 52.5. The fourth-order valence-electron chi connectivity index (χ4n) is 3.54. The van der Waals surface area contributed by atoms with E-state index >= 15 is 0 Å². The predicted molar refractivity (Wildman–Crippen MR) is 123 cm³/mol. The molecule has 0 amide bonds. The van der Waals surface area contributed by atoms with Gasteiger partial charge < -0.3 is 14.6 Å². The summed E-state index contributed by atoms with van der Waals surface area (Å²) in [5, 5.41) is 9.68. The van der Waals surface area contributed by atoms with E-state index in [0.717, 1.165) is 15.3 Å². The van der Waals surface area contributed by atoms with Crippen molar-refractivity contribution < 1.29 is 32.2 Å². The second-order valence-electron chi connectivity index (χ2n) is 7.20. The number of aromatic nitrogens is 1. The molecule has 1 N–H and O–H groups in total. The molecule has 172 valence electrons. The van der Waals surface area contributed by atoms with E-state index < -0.39 is 21.8 Å². The number of thiophene rings is 1. The molecule has 0 atom stereocenters. The van der Waals surface area contributed by atoms with Crippen molar-refractivity contribution in [1.29, 1.82) is 0 Å². The highest BCUT2D eigenvalue weighted by Crippen LogP contribution is 2.36. The van der Waals surface area contributed by atoms with E-state index in [2.05, 4.69) is 0 Å². The quantitative estimate of drug-likeness (QED) is 0.383. The zero-order chi connectivity index (χ0) is 23.8. The summed E-state index contributed by atoms with van der Waals surface area (Å²) in [5.74, 6) is -0.877. The van der Waals surface area contributed by atoms with Gasteiger partial charge in [-0.1, -0.05) is 0 Å². The van der Waals surface area contributed by atoms with Crippen LogP contribution < -0.4 is 9.47 Å². The van der Waals surface area contributed by atoms with Crippen molar-refractivity contribution >= 4 is 38.2 Å². The molecule has 2 heterocycles. The largest absolute Gasteiger partial charge is 0.497 e. The summed E-state index contributed by atoms with van der Waals surface area (Å²) in [7, 11) is -1.11. The summed E-state index contributed by atoms with van der Waals surface area (Å²) in [5.41, 5.74) is 1.54. The average Bonchev–Trinajstić information content (AvgIpc) is 3.43. The number of benzene rings is 2. The van der Waals surface area contributed by atoms with Crippen LogP contribution in [0.15, 0.2) is 58.9 Å².